The lowest BCUT2D eigenvalue weighted by molar-refractivity contribution is -0.121. The van der Waals surface area contributed by atoms with E-state index in [1.54, 1.807) is 31.4 Å². The van der Waals surface area contributed by atoms with E-state index in [9.17, 15) is 14.4 Å². The number of ether oxygens (including phenoxy) is 1. The van der Waals surface area contributed by atoms with Crippen LogP contribution in [0.2, 0.25) is 0 Å². The zero-order chi connectivity index (χ0) is 19.0. The van der Waals surface area contributed by atoms with Crippen LogP contribution in [0.5, 0.6) is 5.75 Å². The molecule has 0 radical (unpaired) electrons. The van der Waals surface area contributed by atoms with E-state index in [0.29, 0.717) is 27.6 Å². The number of fused-ring (bicyclic) bond motifs is 1. The number of para-hydroxylation sites is 1. The van der Waals surface area contributed by atoms with Crippen molar-refractivity contribution in [3.8, 4) is 5.75 Å². The molecule has 0 unspecified atom stereocenters. The van der Waals surface area contributed by atoms with Gasteiger partial charge in [-0.15, -0.1) is 0 Å². The molecule has 3 aromatic rings. The number of thiazole rings is 1. The summed E-state index contributed by atoms with van der Waals surface area (Å²) in [6.07, 6.45) is 0.449. The zero-order valence-electron chi connectivity index (χ0n) is 14.4. The van der Waals surface area contributed by atoms with Crippen molar-refractivity contribution in [2.45, 2.75) is 12.8 Å². The highest BCUT2D eigenvalue weighted by Crippen LogP contribution is 2.32. The van der Waals surface area contributed by atoms with Crippen LogP contribution in [0.25, 0.3) is 10.2 Å². The largest absolute Gasteiger partial charge is 0.494 e. The van der Waals surface area contributed by atoms with E-state index in [1.165, 1.54) is 11.3 Å². The number of hydrogen-bond acceptors (Lipinski definition) is 6. The molecule has 4 rings (SSSR count). The van der Waals surface area contributed by atoms with Gasteiger partial charge < -0.3 is 4.74 Å². The highest BCUT2D eigenvalue weighted by Gasteiger charge is 2.30. The highest BCUT2D eigenvalue weighted by molar-refractivity contribution is 7.22. The smallest absolute Gasteiger partial charge is 0.257 e. The molecule has 2 aromatic carbocycles. The molecule has 1 saturated heterocycles. The maximum Gasteiger partial charge on any atom is 0.257 e. The Kier molecular flexibility index (Phi) is 4.33. The third-order valence-corrected chi connectivity index (χ3v) is 5.20. The number of rotatable bonds is 4. The van der Waals surface area contributed by atoms with Gasteiger partial charge in [0.05, 0.1) is 17.5 Å². The molecule has 0 saturated carbocycles. The van der Waals surface area contributed by atoms with Gasteiger partial charge in [0.25, 0.3) is 5.91 Å². The van der Waals surface area contributed by atoms with Crippen LogP contribution in [0.4, 0.5) is 10.8 Å². The van der Waals surface area contributed by atoms with Crippen molar-refractivity contribution < 1.29 is 19.1 Å². The minimum atomic E-state index is -0.321. The van der Waals surface area contributed by atoms with Gasteiger partial charge in [-0.3, -0.25) is 24.6 Å². The molecule has 0 atom stereocenters. The molecule has 3 amide bonds. The summed E-state index contributed by atoms with van der Waals surface area (Å²) in [7, 11) is 1.57. The normalized spacial score (nSPS) is 14.0. The predicted octanol–water partition coefficient (Wildman–Crippen LogP) is 3.21. The second kappa shape index (κ2) is 6.81. The minimum Gasteiger partial charge on any atom is -0.494 e. The number of methoxy groups -OCH3 is 1. The fourth-order valence-electron chi connectivity index (χ4n) is 2.94. The molecular formula is C19H15N3O4S. The molecule has 0 aliphatic carbocycles. The summed E-state index contributed by atoms with van der Waals surface area (Å²) in [6.45, 7) is 0. The molecule has 8 heteroatoms. The summed E-state index contributed by atoms with van der Waals surface area (Å²) in [6, 6.07) is 11.9. The zero-order valence-corrected chi connectivity index (χ0v) is 15.2. The van der Waals surface area contributed by atoms with Gasteiger partial charge in [0.1, 0.15) is 11.3 Å². The molecule has 1 aliphatic rings. The Labute approximate surface area is 158 Å². The number of anilines is 2. The number of nitrogens with zero attached hydrogens (tertiary/aromatic N) is 2. The molecule has 2 heterocycles. The average Bonchev–Trinajstić information content (AvgIpc) is 3.23. The lowest BCUT2D eigenvalue weighted by Crippen LogP contribution is -2.28. The van der Waals surface area contributed by atoms with Crippen molar-refractivity contribution in [1.82, 2.24) is 4.98 Å². The van der Waals surface area contributed by atoms with E-state index < -0.39 is 0 Å². The second-order valence-corrected chi connectivity index (χ2v) is 6.98. The van der Waals surface area contributed by atoms with E-state index in [4.69, 9.17) is 4.74 Å². The molecule has 27 heavy (non-hydrogen) atoms. The Bertz CT molecular complexity index is 1040. The Morgan fingerprint density at radius 2 is 1.81 bits per heavy atom. The number of carbonyl (C=O) groups is 3. The lowest BCUT2D eigenvalue weighted by atomic mass is 10.2. The van der Waals surface area contributed by atoms with Crippen molar-refractivity contribution in [1.29, 1.82) is 0 Å². The number of benzene rings is 2. The lowest BCUT2D eigenvalue weighted by Gasteiger charge is -2.13. The number of amides is 3. The van der Waals surface area contributed by atoms with Gasteiger partial charge >= 0.3 is 0 Å². The molecule has 1 aliphatic heterocycles. The summed E-state index contributed by atoms with van der Waals surface area (Å²) in [4.78, 5) is 41.6. The number of nitrogens with one attached hydrogen (secondary N) is 1. The van der Waals surface area contributed by atoms with Crippen LogP contribution in [-0.2, 0) is 9.59 Å². The van der Waals surface area contributed by atoms with E-state index in [-0.39, 0.29) is 30.6 Å². The summed E-state index contributed by atoms with van der Waals surface area (Å²) < 4.78 is 6.19. The van der Waals surface area contributed by atoms with Crippen LogP contribution in [0.1, 0.15) is 23.2 Å². The molecule has 1 fully saturated rings. The van der Waals surface area contributed by atoms with Gasteiger partial charge in [-0.05, 0) is 36.4 Å². The first-order chi connectivity index (χ1) is 13.1. The number of imide groups is 1. The van der Waals surface area contributed by atoms with Crippen molar-refractivity contribution in [3.05, 3.63) is 48.0 Å². The third kappa shape index (κ3) is 3.15. The monoisotopic (exact) mass is 381 g/mol. The van der Waals surface area contributed by atoms with Gasteiger partial charge in [0, 0.05) is 18.4 Å². The molecule has 136 valence electrons. The summed E-state index contributed by atoms with van der Waals surface area (Å²) in [5.74, 6) is -0.117. The van der Waals surface area contributed by atoms with Gasteiger partial charge in [-0.1, -0.05) is 17.4 Å². The molecule has 7 nitrogen and oxygen atoms in total. The third-order valence-electron chi connectivity index (χ3n) is 4.26. The topological polar surface area (TPSA) is 88.6 Å². The number of carbonyl (C=O) groups excluding carboxylic acids is 3. The van der Waals surface area contributed by atoms with Crippen molar-refractivity contribution in [3.63, 3.8) is 0 Å². The number of hydrogen-bond donors (Lipinski definition) is 1. The second-order valence-electron chi connectivity index (χ2n) is 5.95. The van der Waals surface area contributed by atoms with E-state index in [2.05, 4.69) is 10.3 Å². The Balaban J connectivity index is 1.53. The van der Waals surface area contributed by atoms with Gasteiger partial charge in [-0.25, -0.2) is 4.98 Å². The van der Waals surface area contributed by atoms with Crippen molar-refractivity contribution in [2.75, 3.05) is 17.3 Å². The standard InChI is InChI=1S/C19H15N3O4S/c1-26-13-3-2-4-14-17(13)20-19(27-14)21-18(25)11-5-7-12(8-6-11)22-15(23)9-10-16(22)24/h2-8H,9-10H2,1H3,(H,20,21,25). The maximum absolute atomic E-state index is 12.5. The molecule has 1 N–H and O–H groups in total. The van der Waals surface area contributed by atoms with Gasteiger partial charge in [-0.2, -0.15) is 0 Å². The fourth-order valence-corrected chi connectivity index (χ4v) is 3.82. The van der Waals surface area contributed by atoms with Gasteiger partial charge in [0.15, 0.2) is 5.13 Å². The predicted molar refractivity (Wildman–Crippen MR) is 102 cm³/mol. The SMILES string of the molecule is COc1cccc2sc(NC(=O)c3ccc(N4C(=O)CCC4=O)cc3)nc12. The van der Waals surface area contributed by atoms with Crippen LogP contribution in [0.15, 0.2) is 42.5 Å². The minimum absolute atomic E-state index is 0.222. The first-order valence-corrected chi connectivity index (χ1v) is 9.09. The van der Waals surface area contributed by atoms with E-state index in [0.717, 1.165) is 9.60 Å². The molecular weight excluding hydrogens is 366 g/mol. The fraction of sp³-hybridized carbons (Fsp3) is 0.158. The summed E-state index contributed by atoms with van der Waals surface area (Å²) in [5, 5.41) is 3.24. The van der Waals surface area contributed by atoms with Crippen molar-refractivity contribution in [2.24, 2.45) is 0 Å². The Morgan fingerprint density at radius 1 is 1.11 bits per heavy atom. The van der Waals surface area contributed by atoms with Crippen LogP contribution in [0, 0.1) is 0 Å². The molecule has 0 spiro atoms. The first-order valence-electron chi connectivity index (χ1n) is 8.27. The van der Waals surface area contributed by atoms with Crippen LogP contribution >= 0.6 is 11.3 Å². The summed E-state index contributed by atoms with van der Waals surface area (Å²) in [5.41, 5.74) is 1.58. The van der Waals surface area contributed by atoms with Crippen LogP contribution in [-0.4, -0.2) is 29.8 Å². The summed E-state index contributed by atoms with van der Waals surface area (Å²) >= 11 is 1.35. The number of aromatic nitrogens is 1. The highest BCUT2D eigenvalue weighted by atomic mass is 32.1. The molecule has 0 bridgehead atoms. The first kappa shape index (κ1) is 17.2. The molecule has 1 aromatic heterocycles. The van der Waals surface area contributed by atoms with Crippen LogP contribution in [0.3, 0.4) is 0 Å². The van der Waals surface area contributed by atoms with E-state index in [1.807, 2.05) is 18.2 Å². The average molecular weight is 381 g/mol. The Hall–Kier alpha value is -3.26. The van der Waals surface area contributed by atoms with E-state index >= 15 is 0 Å². The Morgan fingerprint density at radius 3 is 2.48 bits per heavy atom. The maximum atomic E-state index is 12.5. The van der Waals surface area contributed by atoms with Gasteiger partial charge in [0.2, 0.25) is 11.8 Å². The quantitative estimate of drug-likeness (QED) is 0.701. The van der Waals surface area contributed by atoms with Crippen LogP contribution < -0.4 is 15.0 Å². The van der Waals surface area contributed by atoms with Crippen molar-refractivity contribution >= 4 is 50.1 Å².